The van der Waals surface area contributed by atoms with E-state index in [9.17, 15) is 9.90 Å². The summed E-state index contributed by atoms with van der Waals surface area (Å²) in [5, 5.41) is 10.0. The first-order valence-corrected chi connectivity index (χ1v) is 5.66. The third-order valence-corrected chi connectivity index (χ3v) is 3.36. The van der Waals surface area contributed by atoms with Crippen LogP contribution in [-0.4, -0.2) is 54.4 Å². The number of carbonyl (C=O) groups excluding carboxylic acids is 1. The van der Waals surface area contributed by atoms with Gasteiger partial charge in [-0.3, -0.25) is 4.79 Å². The van der Waals surface area contributed by atoms with Crippen LogP contribution in [0.25, 0.3) is 0 Å². The summed E-state index contributed by atoms with van der Waals surface area (Å²) in [7, 11) is 1.55. The van der Waals surface area contributed by atoms with E-state index in [4.69, 9.17) is 10.5 Å². The average molecular weight is 230 g/mol. The SMILES string of the molecule is COC(CN)CC(=O)N1CC(O)(C(C)C)C1. The van der Waals surface area contributed by atoms with Crippen LogP contribution in [0.4, 0.5) is 0 Å². The fourth-order valence-corrected chi connectivity index (χ4v) is 1.74. The number of carbonyl (C=O) groups is 1. The monoisotopic (exact) mass is 230 g/mol. The fraction of sp³-hybridized carbons (Fsp3) is 0.909. The summed E-state index contributed by atoms with van der Waals surface area (Å²) in [6.45, 7) is 5.10. The average Bonchev–Trinajstić information content (AvgIpc) is 2.20. The zero-order chi connectivity index (χ0) is 12.3. The molecular weight excluding hydrogens is 208 g/mol. The molecule has 3 N–H and O–H groups in total. The molecule has 1 atom stereocenters. The number of rotatable bonds is 5. The van der Waals surface area contributed by atoms with E-state index < -0.39 is 5.60 Å². The maximum absolute atomic E-state index is 11.7. The number of β-amino-alcohol motifs (C(OH)–C–C–N with tert-alkyl or cyclic N) is 1. The minimum Gasteiger partial charge on any atom is -0.386 e. The number of nitrogens with two attached hydrogens (primary N) is 1. The highest BCUT2D eigenvalue weighted by Crippen LogP contribution is 2.29. The van der Waals surface area contributed by atoms with E-state index >= 15 is 0 Å². The molecule has 1 rings (SSSR count). The van der Waals surface area contributed by atoms with Gasteiger partial charge >= 0.3 is 0 Å². The maximum atomic E-state index is 11.7. The quantitative estimate of drug-likeness (QED) is 0.672. The molecule has 0 aromatic heterocycles. The molecule has 1 fully saturated rings. The molecule has 0 saturated carbocycles. The first kappa shape index (κ1) is 13.4. The molecule has 0 aromatic rings. The van der Waals surface area contributed by atoms with Crippen molar-refractivity contribution >= 4 is 5.91 Å². The standard InChI is InChI=1S/C11H22N2O3/c1-8(2)11(15)6-13(7-11)10(14)4-9(5-12)16-3/h8-9,15H,4-7,12H2,1-3H3. The summed E-state index contributed by atoms with van der Waals surface area (Å²) >= 11 is 0. The van der Waals surface area contributed by atoms with Crippen LogP contribution in [-0.2, 0) is 9.53 Å². The number of aliphatic hydroxyl groups is 1. The number of likely N-dealkylation sites (tertiary alicyclic amines) is 1. The Labute approximate surface area is 96.6 Å². The van der Waals surface area contributed by atoms with Crippen LogP contribution < -0.4 is 5.73 Å². The lowest BCUT2D eigenvalue weighted by Crippen LogP contribution is -2.66. The first-order chi connectivity index (χ1) is 7.42. The molecular formula is C11H22N2O3. The lowest BCUT2D eigenvalue weighted by molar-refractivity contribution is -0.165. The van der Waals surface area contributed by atoms with Crippen LogP contribution in [0.5, 0.6) is 0 Å². The van der Waals surface area contributed by atoms with Gasteiger partial charge in [-0.1, -0.05) is 13.8 Å². The Kier molecular flexibility index (Phi) is 4.29. The van der Waals surface area contributed by atoms with Crippen molar-refractivity contribution in [3.8, 4) is 0 Å². The predicted octanol–water partition coefficient (Wildman–Crippen LogP) is -0.420. The van der Waals surface area contributed by atoms with E-state index in [1.807, 2.05) is 13.8 Å². The molecule has 1 heterocycles. The van der Waals surface area contributed by atoms with E-state index in [1.165, 1.54) is 0 Å². The van der Waals surface area contributed by atoms with Crippen LogP contribution in [0.3, 0.4) is 0 Å². The van der Waals surface area contributed by atoms with Gasteiger partial charge in [0, 0.05) is 13.7 Å². The zero-order valence-corrected chi connectivity index (χ0v) is 10.3. The Bertz CT molecular complexity index is 246. The van der Waals surface area contributed by atoms with Gasteiger partial charge in [0.1, 0.15) is 5.60 Å². The highest BCUT2D eigenvalue weighted by molar-refractivity contribution is 5.78. The minimum atomic E-state index is -0.707. The highest BCUT2D eigenvalue weighted by Gasteiger charge is 2.45. The van der Waals surface area contributed by atoms with Gasteiger partial charge < -0.3 is 20.5 Å². The molecule has 0 aromatic carbocycles. The topological polar surface area (TPSA) is 75.8 Å². The molecule has 0 spiro atoms. The molecule has 94 valence electrons. The van der Waals surface area contributed by atoms with E-state index in [0.29, 0.717) is 26.1 Å². The summed E-state index contributed by atoms with van der Waals surface area (Å²) in [6.07, 6.45) is 0.0708. The minimum absolute atomic E-state index is 0.00243. The van der Waals surface area contributed by atoms with Crippen LogP contribution in [0.15, 0.2) is 0 Å². The van der Waals surface area contributed by atoms with Gasteiger partial charge in [0.2, 0.25) is 5.91 Å². The van der Waals surface area contributed by atoms with Crippen molar-refractivity contribution in [2.45, 2.75) is 32.0 Å². The number of hydrogen-bond acceptors (Lipinski definition) is 4. The van der Waals surface area contributed by atoms with Crippen molar-refractivity contribution in [1.29, 1.82) is 0 Å². The van der Waals surface area contributed by atoms with Gasteiger partial charge in [-0.25, -0.2) is 0 Å². The lowest BCUT2D eigenvalue weighted by atomic mass is 9.83. The number of amides is 1. The molecule has 5 nitrogen and oxygen atoms in total. The van der Waals surface area contributed by atoms with Crippen molar-refractivity contribution in [2.24, 2.45) is 11.7 Å². The third kappa shape index (κ3) is 2.72. The zero-order valence-electron chi connectivity index (χ0n) is 10.3. The summed E-state index contributed by atoms with van der Waals surface area (Å²) in [5.74, 6) is 0.173. The van der Waals surface area contributed by atoms with Gasteiger partial charge in [0.15, 0.2) is 0 Å². The number of hydrogen-bond donors (Lipinski definition) is 2. The van der Waals surface area contributed by atoms with Crippen LogP contribution in [0, 0.1) is 5.92 Å². The number of nitrogens with zero attached hydrogens (tertiary/aromatic N) is 1. The second kappa shape index (κ2) is 5.12. The molecule has 0 aliphatic carbocycles. The van der Waals surface area contributed by atoms with Gasteiger partial charge in [0.05, 0.1) is 25.6 Å². The van der Waals surface area contributed by atoms with Gasteiger partial charge in [-0.2, -0.15) is 0 Å². The van der Waals surface area contributed by atoms with Crippen molar-refractivity contribution in [3.63, 3.8) is 0 Å². The Hall–Kier alpha value is -0.650. The maximum Gasteiger partial charge on any atom is 0.225 e. The van der Waals surface area contributed by atoms with Gasteiger partial charge in [-0.05, 0) is 5.92 Å². The van der Waals surface area contributed by atoms with Crippen molar-refractivity contribution in [2.75, 3.05) is 26.7 Å². The van der Waals surface area contributed by atoms with Crippen LogP contribution in [0.2, 0.25) is 0 Å². The molecule has 1 aliphatic heterocycles. The molecule has 1 aliphatic rings. The molecule has 16 heavy (non-hydrogen) atoms. The van der Waals surface area contributed by atoms with Gasteiger partial charge in [-0.15, -0.1) is 0 Å². The Morgan fingerprint density at radius 2 is 2.12 bits per heavy atom. The van der Waals surface area contributed by atoms with E-state index in [0.717, 1.165) is 0 Å². The smallest absolute Gasteiger partial charge is 0.225 e. The summed E-state index contributed by atoms with van der Waals surface area (Å²) in [4.78, 5) is 13.4. The predicted molar refractivity (Wildman–Crippen MR) is 60.8 cm³/mol. The largest absolute Gasteiger partial charge is 0.386 e. The van der Waals surface area contributed by atoms with Crippen molar-refractivity contribution in [1.82, 2.24) is 4.90 Å². The van der Waals surface area contributed by atoms with E-state index in [2.05, 4.69) is 0 Å². The fourth-order valence-electron chi connectivity index (χ4n) is 1.74. The molecule has 1 saturated heterocycles. The molecule has 5 heteroatoms. The van der Waals surface area contributed by atoms with Crippen molar-refractivity contribution in [3.05, 3.63) is 0 Å². The summed E-state index contributed by atoms with van der Waals surface area (Å²) < 4.78 is 5.05. The third-order valence-electron chi connectivity index (χ3n) is 3.36. The molecule has 0 radical (unpaired) electrons. The molecule has 1 amide bonds. The van der Waals surface area contributed by atoms with Gasteiger partial charge in [0.25, 0.3) is 0 Å². The highest BCUT2D eigenvalue weighted by atomic mass is 16.5. The number of ether oxygens (including phenoxy) is 1. The van der Waals surface area contributed by atoms with E-state index in [1.54, 1.807) is 12.0 Å². The molecule has 1 unspecified atom stereocenters. The first-order valence-electron chi connectivity index (χ1n) is 5.66. The van der Waals surface area contributed by atoms with Crippen molar-refractivity contribution < 1.29 is 14.6 Å². The second-order valence-corrected chi connectivity index (χ2v) is 4.81. The normalized spacial score (nSPS) is 20.8. The van der Waals surface area contributed by atoms with Crippen LogP contribution >= 0.6 is 0 Å². The van der Waals surface area contributed by atoms with E-state index in [-0.39, 0.29) is 17.9 Å². The Morgan fingerprint density at radius 3 is 2.50 bits per heavy atom. The van der Waals surface area contributed by atoms with Crippen LogP contribution in [0.1, 0.15) is 20.3 Å². The Balaban J connectivity index is 2.37. The summed E-state index contributed by atoms with van der Waals surface area (Å²) in [5.41, 5.74) is 4.74. The summed E-state index contributed by atoms with van der Waals surface area (Å²) in [6, 6.07) is 0. The number of methoxy groups -OCH3 is 1. The molecule has 0 bridgehead atoms. The second-order valence-electron chi connectivity index (χ2n) is 4.81. The lowest BCUT2D eigenvalue weighted by Gasteiger charge is -2.49. The Morgan fingerprint density at radius 1 is 1.56 bits per heavy atom.